The van der Waals surface area contributed by atoms with Crippen LogP contribution >= 0.6 is 11.9 Å². The van der Waals surface area contributed by atoms with Gasteiger partial charge in [0.15, 0.2) is 0 Å². The third-order valence-corrected chi connectivity index (χ3v) is 2.38. The molecule has 0 aromatic heterocycles. The fraction of sp³-hybridized carbons (Fsp3) is 0.200. The molecule has 0 aliphatic carbocycles. The molecule has 0 radical (unpaired) electrons. The van der Waals surface area contributed by atoms with Crippen LogP contribution in [0.15, 0.2) is 18.2 Å². The van der Waals surface area contributed by atoms with E-state index in [2.05, 4.69) is 10.0 Å². The molecule has 2 N–H and O–H groups in total. The predicted octanol–water partition coefficient (Wildman–Crippen LogP) is 1.15. The molecular weight excluding hydrogens is 250 g/mol. The highest BCUT2D eigenvalue weighted by molar-refractivity contribution is 7.97. The molecule has 7 heteroatoms. The number of nitrogens with one attached hydrogen (secondary N) is 2. The van der Waals surface area contributed by atoms with E-state index >= 15 is 0 Å². The molecule has 0 aliphatic rings. The van der Waals surface area contributed by atoms with Gasteiger partial charge >= 0.3 is 0 Å². The largest absolute Gasteiger partial charge is 0.343 e. The second-order valence-corrected chi connectivity index (χ2v) is 3.67. The molecule has 0 fully saturated rings. The molecular formula is C10H10F2N2O2S. The Kier molecular flexibility index (Phi) is 4.89. The standard InChI is InChI=1S/C10H10F2N2O2S/c1-17-14-10(16)9(13-5-15)7-3-2-6(11)4-8(7)12/h2-5,9H,1H3,(H,13,15)(H,14,16). The lowest BCUT2D eigenvalue weighted by Crippen LogP contribution is -2.34. The van der Waals surface area contributed by atoms with Crippen molar-refractivity contribution in [2.24, 2.45) is 0 Å². The summed E-state index contributed by atoms with van der Waals surface area (Å²) < 4.78 is 28.5. The van der Waals surface area contributed by atoms with Crippen LogP contribution in [-0.2, 0) is 9.59 Å². The van der Waals surface area contributed by atoms with Gasteiger partial charge in [0.25, 0.3) is 5.91 Å². The maximum Gasteiger partial charge on any atom is 0.257 e. The summed E-state index contributed by atoms with van der Waals surface area (Å²) in [7, 11) is 0. The lowest BCUT2D eigenvalue weighted by Gasteiger charge is -2.15. The zero-order chi connectivity index (χ0) is 12.8. The zero-order valence-corrected chi connectivity index (χ0v) is 9.68. The van der Waals surface area contributed by atoms with Crippen LogP contribution in [0.4, 0.5) is 8.78 Å². The van der Waals surface area contributed by atoms with Crippen molar-refractivity contribution in [3.05, 3.63) is 35.4 Å². The highest BCUT2D eigenvalue weighted by Crippen LogP contribution is 2.18. The number of hydrogen-bond donors (Lipinski definition) is 2. The Balaban J connectivity index is 3.04. The minimum atomic E-state index is -1.18. The molecule has 1 atom stereocenters. The van der Waals surface area contributed by atoms with Crippen LogP contribution in [0.1, 0.15) is 11.6 Å². The fourth-order valence-corrected chi connectivity index (χ4v) is 1.59. The summed E-state index contributed by atoms with van der Waals surface area (Å²) in [6.07, 6.45) is 1.89. The summed E-state index contributed by atoms with van der Waals surface area (Å²) in [5, 5.41) is 2.18. The second-order valence-electron chi connectivity index (χ2n) is 3.05. The average molecular weight is 260 g/mol. The van der Waals surface area contributed by atoms with E-state index in [9.17, 15) is 18.4 Å². The quantitative estimate of drug-likeness (QED) is 0.616. The molecule has 1 rings (SSSR count). The van der Waals surface area contributed by atoms with Crippen LogP contribution in [0.3, 0.4) is 0 Å². The van der Waals surface area contributed by atoms with E-state index in [4.69, 9.17) is 0 Å². The zero-order valence-electron chi connectivity index (χ0n) is 8.87. The van der Waals surface area contributed by atoms with Crippen LogP contribution < -0.4 is 10.0 Å². The van der Waals surface area contributed by atoms with Gasteiger partial charge < -0.3 is 5.32 Å². The third-order valence-electron chi connectivity index (χ3n) is 1.97. The number of rotatable bonds is 5. The van der Waals surface area contributed by atoms with Gasteiger partial charge in [-0.05, 0) is 6.07 Å². The molecule has 1 unspecified atom stereocenters. The molecule has 1 aromatic carbocycles. The molecule has 0 saturated heterocycles. The van der Waals surface area contributed by atoms with Gasteiger partial charge in [-0.1, -0.05) is 18.0 Å². The molecule has 0 spiro atoms. The molecule has 4 nitrogen and oxygen atoms in total. The van der Waals surface area contributed by atoms with Crippen molar-refractivity contribution in [1.29, 1.82) is 0 Å². The normalized spacial score (nSPS) is 11.7. The van der Waals surface area contributed by atoms with Gasteiger partial charge in [0.1, 0.15) is 17.7 Å². The topological polar surface area (TPSA) is 58.2 Å². The highest BCUT2D eigenvalue weighted by Gasteiger charge is 2.23. The average Bonchev–Trinajstić information content (AvgIpc) is 2.27. The second kappa shape index (κ2) is 6.19. The Labute approximate surface area is 101 Å². The summed E-state index contributed by atoms with van der Waals surface area (Å²) in [4.78, 5) is 21.9. The molecule has 2 amide bonds. The molecule has 0 heterocycles. The van der Waals surface area contributed by atoms with Crippen molar-refractivity contribution >= 4 is 24.3 Å². The van der Waals surface area contributed by atoms with Crippen molar-refractivity contribution < 1.29 is 18.4 Å². The minimum Gasteiger partial charge on any atom is -0.343 e. The van der Waals surface area contributed by atoms with Gasteiger partial charge in [0.2, 0.25) is 6.41 Å². The maximum absolute atomic E-state index is 13.4. The van der Waals surface area contributed by atoms with Gasteiger partial charge in [0.05, 0.1) is 0 Å². The molecule has 92 valence electrons. The van der Waals surface area contributed by atoms with Crippen LogP contribution in [0.2, 0.25) is 0 Å². The number of amides is 2. The Hall–Kier alpha value is -1.63. The van der Waals surface area contributed by atoms with Crippen LogP contribution in [-0.4, -0.2) is 18.6 Å². The van der Waals surface area contributed by atoms with Crippen LogP contribution in [0, 0.1) is 11.6 Å². The molecule has 1 aromatic rings. The monoisotopic (exact) mass is 260 g/mol. The van der Waals surface area contributed by atoms with Crippen molar-refractivity contribution in [2.75, 3.05) is 6.26 Å². The Bertz CT molecular complexity index is 429. The number of carbonyl (C=O) groups is 2. The third kappa shape index (κ3) is 3.42. The smallest absolute Gasteiger partial charge is 0.257 e. The first-order chi connectivity index (χ1) is 8.10. The summed E-state index contributed by atoms with van der Waals surface area (Å²) in [6, 6.07) is 1.61. The van der Waals surface area contributed by atoms with Gasteiger partial charge in [0, 0.05) is 17.9 Å². The van der Waals surface area contributed by atoms with Crippen molar-refractivity contribution in [3.63, 3.8) is 0 Å². The molecule has 0 saturated carbocycles. The van der Waals surface area contributed by atoms with Gasteiger partial charge in [-0.25, -0.2) is 8.78 Å². The molecule has 0 bridgehead atoms. The minimum absolute atomic E-state index is 0.0925. The van der Waals surface area contributed by atoms with Gasteiger partial charge in [-0.3, -0.25) is 14.3 Å². The Morgan fingerprint density at radius 2 is 2.18 bits per heavy atom. The first-order valence-electron chi connectivity index (χ1n) is 4.57. The lowest BCUT2D eigenvalue weighted by atomic mass is 10.1. The summed E-state index contributed by atoms with van der Waals surface area (Å²) in [5.41, 5.74) is -0.0925. The fourth-order valence-electron chi connectivity index (χ4n) is 1.27. The Morgan fingerprint density at radius 1 is 1.47 bits per heavy atom. The Morgan fingerprint density at radius 3 is 2.71 bits per heavy atom. The van der Waals surface area contributed by atoms with E-state index in [-0.39, 0.29) is 12.0 Å². The summed E-state index contributed by atoms with van der Waals surface area (Å²) >= 11 is 1.02. The highest BCUT2D eigenvalue weighted by atomic mass is 32.2. The maximum atomic E-state index is 13.4. The molecule has 0 aliphatic heterocycles. The van der Waals surface area contributed by atoms with E-state index in [1.54, 1.807) is 6.26 Å². The first kappa shape index (κ1) is 13.4. The van der Waals surface area contributed by atoms with Crippen molar-refractivity contribution in [1.82, 2.24) is 10.0 Å². The first-order valence-corrected chi connectivity index (χ1v) is 5.80. The SMILES string of the molecule is CSNC(=O)C(NC=O)c1ccc(F)cc1F. The molecule has 17 heavy (non-hydrogen) atoms. The lowest BCUT2D eigenvalue weighted by molar-refractivity contribution is -0.123. The van der Waals surface area contributed by atoms with E-state index in [1.807, 2.05) is 0 Å². The van der Waals surface area contributed by atoms with Crippen molar-refractivity contribution in [2.45, 2.75) is 6.04 Å². The summed E-state index contributed by atoms with van der Waals surface area (Å²) in [5.74, 6) is -2.22. The predicted molar refractivity (Wildman–Crippen MR) is 60.0 cm³/mol. The number of benzene rings is 1. The van der Waals surface area contributed by atoms with E-state index in [0.29, 0.717) is 6.07 Å². The summed E-state index contributed by atoms with van der Waals surface area (Å²) in [6.45, 7) is 0. The van der Waals surface area contributed by atoms with Crippen LogP contribution in [0.25, 0.3) is 0 Å². The number of halogens is 2. The van der Waals surface area contributed by atoms with Gasteiger partial charge in [-0.2, -0.15) is 0 Å². The van der Waals surface area contributed by atoms with E-state index in [1.165, 1.54) is 0 Å². The van der Waals surface area contributed by atoms with Crippen molar-refractivity contribution in [3.8, 4) is 0 Å². The van der Waals surface area contributed by atoms with E-state index in [0.717, 1.165) is 24.1 Å². The van der Waals surface area contributed by atoms with Gasteiger partial charge in [-0.15, -0.1) is 0 Å². The van der Waals surface area contributed by atoms with Crippen LogP contribution in [0.5, 0.6) is 0 Å². The van der Waals surface area contributed by atoms with E-state index < -0.39 is 23.6 Å². The number of hydrogen-bond acceptors (Lipinski definition) is 3. The number of carbonyl (C=O) groups excluding carboxylic acids is 2.